The van der Waals surface area contributed by atoms with Crippen LogP contribution in [0.25, 0.3) is 11.5 Å². The predicted molar refractivity (Wildman–Crippen MR) is 99.7 cm³/mol. The highest BCUT2D eigenvalue weighted by Gasteiger charge is 2.18. The van der Waals surface area contributed by atoms with Crippen LogP contribution in [-0.2, 0) is 11.3 Å². The van der Waals surface area contributed by atoms with E-state index in [0.717, 1.165) is 5.56 Å². The molecule has 0 radical (unpaired) electrons. The number of aryl methyl sites for hydroxylation is 1. The van der Waals surface area contributed by atoms with E-state index >= 15 is 0 Å². The topological polar surface area (TPSA) is 92.9 Å². The molecule has 0 aliphatic heterocycles. The Labute approximate surface area is 162 Å². The maximum Gasteiger partial charge on any atom is 0.338 e. The fourth-order valence-corrected chi connectivity index (χ4v) is 2.62. The Morgan fingerprint density at radius 2 is 1.71 bits per heavy atom. The molecule has 0 N–H and O–H groups in total. The highest BCUT2D eigenvalue weighted by molar-refractivity contribution is 5.89. The lowest BCUT2D eigenvalue weighted by molar-refractivity contribution is 0.0438. The molecule has 28 heavy (non-hydrogen) atoms. The van der Waals surface area contributed by atoms with E-state index in [1.54, 1.807) is 30.3 Å². The van der Waals surface area contributed by atoms with Crippen LogP contribution in [-0.4, -0.2) is 37.5 Å². The van der Waals surface area contributed by atoms with Crippen LogP contribution < -0.4 is 14.2 Å². The molecule has 146 valence electrons. The molecule has 0 fully saturated rings. The largest absolute Gasteiger partial charge is 0.493 e. The number of benzene rings is 2. The van der Waals surface area contributed by atoms with Crippen LogP contribution in [0.2, 0.25) is 0 Å². The van der Waals surface area contributed by atoms with Gasteiger partial charge in [0, 0.05) is 5.56 Å². The van der Waals surface area contributed by atoms with Crippen molar-refractivity contribution < 1.29 is 28.2 Å². The maximum atomic E-state index is 12.1. The quantitative estimate of drug-likeness (QED) is 0.572. The van der Waals surface area contributed by atoms with Gasteiger partial charge < -0.3 is 23.4 Å². The first-order valence-electron chi connectivity index (χ1n) is 8.42. The maximum absolute atomic E-state index is 12.1. The van der Waals surface area contributed by atoms with Gasteiger partial charge in [0.25, 0.3) is 5.89 Å². The summed E-state index contributed by atoms with van der Waals surface area (Å²) in [4.78, 5) is 12.1. The van der Waals surface area contributed by atoms with Crippen molar-refractivity contribution in [3.05, 3.63) is 53.4 Å². The van der Waals surface area contributed by atoms with Gasteiger partial charge in [0.2, 0.25) is 11.6 Å². The van der Waals surface area contributed by atoms with Crippen molar-refractivity contribution >= 4 is 5.97 Å². The number of carbonyl (C=O) groups is 1. The molecule has 8 nitrogen and oxygen atoms in total. The van der Waals surface area contributed by atoms with Crippen molar-refractivity contribution in [2.24, 2.45) is 0 Å². The second kappa shape index (κ2) is 8.43. The molecule has 0 aliphatic carbocycles. The van der Waals surface area contributed by atoms with E-state index in [9.17, 15) is 4.79 Å². The number of esters is 1. The molecule has 0 unspecified atom stereocenters. The second-order valence-electron chi connectivity index (χ2n) is 5.86. The smallest absolute Gasteiger partial charge is 0.338 e. The Morgan fingerprint density at radius 1 is 1.00 bits per heavy atom. The Hall–Kier alpha value is -3.55. The number of hydrogen-bond acceptors (Lipinski definition) is 8. The highest BCUT2D eigenvalue weighted by atomic mass is 16.5. The molecule has 3 rings (SSSR count). The van der Waals surface area contributed by atoms with Gasteiger partial charge in [-0.3, -0.25) is 0 Å². The summed E-state index contributed by atoms with van der Waals surface area (Å²) in [6.07, 6.45) is 0. The predicted octanol–water partition coefficient (Wildman–Crippen LogP) is 3.43. The van der Waals surface area contributed by atoms with E-state index in [4.69, 9.17) is 23.4 Å². The van der Waals surface area contributed by atoms with Crippen LogP contribution in [0.1, 0.15) is 21.8 Å². The average Bonchev–Trinajstić information content (AvgIpc) is 3.19. The van der Waals surface area contributed by atoms with Gasteiger partial charge in [0.15, 0.2) is 18.1 Å². The molecular weight excluding hydrogens is 364 g/mol. The molecule has 0 bridgehead atoms. The minimum atomic E-state index is -0.462. The van der Waals surface area contributed by atoms with Gasteiger partial charge in [0.1, 0.15) is 0 Å². The van der Waals surface area contributed by atoms with Crippen LogP contribution in [0.15, 0.2) is 40.8 Å². The van der Waals surface area contributed by atoms with Gasteiger partial charge >= 0.3 is 5.97 Å². The molecule has 1 aromatic heterocycles. The molecule has 1 heterocycles. The number of rotatable bonds is 7. The van der Waals surface area contributed by atoms with Crippen LogP contribution in [0.3, 0.4) is 0 Å². The lowest BCUT2D eigenvalue weighted by Crippen LogP contribution is -2.05. The van der Waals surface area contributed by atoms with E-state index in [2.05, 4.69) is 10.2 Å². The Morgan fingerprint density at radius 3 is 2.32 bits per heavy atom. The van der Waals surface area contributed by atoms with Crippen molar-refractivity contribution in [3.63, 3.8) is 0 Å². The number of ether oxygens (including phenoxy) is 4. The lowest BCUT2D eigenvalue weighted by atomic mass is 10.1. The molecule has 0 saturated carbocycles. The summed E-state index contributed by atoms with van der Waals surface area (Å²) in [5.41, 5.74) is 2.01. The standard InChI is InChI=1S/C20H20N2O6/c1-12-6-5-7-13(8-12)20(23)27-11-17-21-22-19(28-17)14-9-15(24-2)18(26-4)16(10-14)25-3/h5-10H,11H2,1-4H3. The molecule has 0 amide bonds. The summed E-state index contributed by atoms with van der Waals surface area (Å²) in [5, 5.41) is 7.92. The van der Waals surface area contributed by atoms with Gasteiger partial charge in [-0.1, -0.05) is 17.7 Å². The second-order valence-corrected chi connectivity index (χ2v) is 5.86. The summed E-state index contributed by atoms with van der Waals surface area (Å²) in [7, 11) is 4.56. The number of nitrogens with zero attached hydrogens (tertiary/aromatic N) is 2. The first-order chi connectivity index (χ1) is 13.5. The van der Waals surface area contributed by atoms with Crippen LogP contribution in [0.4, 0.5) is 0 Å². The third-order valence-electron chi connectivity index (χ3n) is 3.96. The fourth-order valence-electron chi connectivity index (χ4n) is 2.62. The number of hydrogen-bond donors (Lipinski definition) is 0. The van der Waals surface area contributed by atoms with Gasteiger partial charge in [0.05, 0.1) is 26.9 Å². The van der Waals surface area contributed by atoms with E-state index in [1.807, 2.05) is 13.0 Å². The van der Waals surface area contributed by atoms with E-state index in [-0.39, 0.29) is 18.4 Å². The first-order valence-corrected chi connectivity index (χ1v) is 8.42. The van der Waals surface area contributed by atoms with Crippen molar-refractivity contribution in [3.8, 4) is 28.7 Å². The van der Waals surface area contributed by atoms with E-state index in [0.29, 0.717) is 28.4 Å². The number of aromatic nitrogens is 2. The summed E-state index contributed by atoms with van der Waals surface area (Å²) in [6.45, 7) is 1.77. The third kappa shape index (κ3) is 4.06. The third-order valence-corrected chi connectivity index (χ3v) is 3.96. The normalized spacial score (nSPS) is 10.4. The zero-order valence-corrected chi connectivity index (χ0v) is 16.0. The van der Waals surface area contributed by atoms with Gasteiger partial charge in [-0.25, -0.2) is 4.79 Å². The molecule has 8 heteroatoms. The molecule has 0 spiro atoms. The lowest BCUT2D eigenvalue weighted by Gasteiger charge is -2.12. The van der Waals surface area contributed by atoms with Crippen molar-refractivity contribution in [2.75, 3.05) is 21.3 Å². The summed E-state index contributed by atoms with van der Waals surface area (Å²) in [5.74, 6) is 1.33. The van der Waals surface area contributed by atoms with E-state index in [1.165, 1.54) is 21.3 Å². The summed E-state index contributed by atoms with van der Waals surface area (Å²) in [6, 6.07) is 10.5. The first kappa shape index (κ1) is 19.2. The SMILES string of the molecule is COc1cc(-c2nnc(COC(=O)c3cccc(C)c3)o2)cc(OC)c1OC. The monoisotopic (exact) mass is 384 g/mol. The molecule has 0 atom stereocenters. The van der Waals surface area contributed by atoms with Crippen LogP contribution in [0.5, 0.6) is 17.2 Å². The Kier molecular flexibility index (Phi) is 5.78. The van der Waals surface area contributed by atoms with Crippen molar-refractivity contribution in [2.45, 2.75) is 13.5 Å². The number of methoxy groups -OCH3 is 3. The molecule has 0 saturated heterocycles. The van der Waals surface area contributed by atoms with Crippen molar-refractivity contribution in [1.82, 2.24) is 10.2 Å². The fraction of sp³-hybridized carbons (Fsp3) is 0.250. The van der Waals surface area contributed by atoms with Crippen LogP contribution >= 0.6 is 0 Å². The minimum absolute atomic E-state index is 0.135. The highest BCUT2D eigenvalue weighted by Crippen LogP contribution is 2.40. The molecular formula is C20H20N2O6. The van der Waals surface area contributed by atoms with E-state index < -0.39 is 5.97 Å². The summed E-state index contributed by atoms with van der Waals surface area (Å²) >= 11 is 0. The number of carbonyl (C=O) groups excluding carboxylic acids is 1. The zero-order chi connectivity index (χ0) is 20.1. The van der Waals surface area contributed by atoms with Crippen molar-refractivity contribution in [1.29, 1.82) is 0 Å². The van der Waals surface area contributed by atoms with Gasteiger partial charge in [-0.15, -0.1) is 10.2 Å². The molecule has 0 aliphatic rings. The average molecular weight is 384 g/mol. The van der Waals surface area contributed by atoms with Gasteiger partial charge in [-0.2, -0.15) is 0 Å². The van der Waals surface area contributed by atoms with Gasteiger partial charge in [-0.05, 0) is 31.2 Å². The summed E-state index contributed by atoms with van der Waals surface area (Å²) < 4.78 is 26.8. The Bertz CT molecular complexity index is 957. The zero-order valence-electron chi connectivity index (χ0n) is 16.0. The molecule has 3 aromatic rings. The Balaban J connectivity index is 1.76. The molecule has 2 aromatic carbocycles. The minimum Gasteiger partial charge on any atom is -0.493 e. The van der Waals surface area contributed by atoms with Crippen LogP contribution in [0, 0.1) is 6.92 Å².